The summed E-state index contributed by atoms with van der Waals surface area (Å²) in [7, 11) is -3.27. The summed E-state index contributed by atoms with van der Waals surface area (Å²) in [6.07, 6.45) is 0. The molecule has 8 heteroatoms. The van der Waals surface area contributed by atoms with Crippen LogP contribution >= 0.6 is 0 Å². The number of halogens is 3. The van der Waals surface area contributed by atoms with E-state index in [1.54, 1.807) is 6.07 Å². The second-order valence-electron chi connectivity index (χ2n) is 5.32. The molecule has 0 amide bonds. The van der Waals surface area contributed by atoms with E-state index in [2.05, 4.69) is 9.44 Å². The molecule has 114 valence electrons. The van der Waals surface area contributed by atoms with Gasteiger partial charge >= 0.3 is 0 Å². The monoisotopic (exact) mass is 309 g/mol. The van der Waals surface area contributed by atoms with Crippen molar-refractivity contribution in [3.63, 3.8) is 0 Å². The van der Waals surface area contributed by atoms with Crippen LogP contribution < -0.4 is 15.2 Å². The molecule has 1 saturated heterocycles. The highest BCUT2D eigenvalue weighted by atomic mass is 32.3. The van der Waals surface area contributed by atoms with E-state index in [1.807, 2.05) is 0 Å². The number of alkyl halides is 2. The van der Waals surface area contributed by atoms with Crippen LogP contribution in [0.4, 0.5) is 13.2 Å². The van der Waals surface area contributed by atoms with Gasteiger partial charge in [-0.05, 0) is 23.3 Å². The van der Waals surface area contributed by atoms with Gasteiger partial charge in [-0.3, -0.25) is 4.21 Å². The summed E-state index contributed by atoms with van der Waals surface area (Å²) in [6.45, 7) is 0.177. The summed E-state index contributed by atoms with van der Waals surface area (Å²) in [4.78, 5) is 0. The lowest BCUT2D eigenvalue weighted by Gasteiger charge is -2.39. The maximum atomic E-state index is 13.8. The third-order valence-electron chi connectivity index (χ3n) is 3.23. The minimum absolute atomic E-state index is 0.156. The maximum absolute atomic E-state index is 13.8. The van der Waals surface area contributed by atoms with Crippen molar-refractivity contribution in [3.05, 3.63) is 35.6 Å². The number of benzene rings is 1. The molecule has 1 aromatic carbocycles. The van der Waals surface area contributed by atoms with Crippen molar-refractivity contribution in [2.45, 2.75) is 18.4 Å². The maximum Gasteiger partial charge on any atom is 0.274 e. The Hall–Kier alpha value is -0.960. The predicted molar refractivity (Wildman–Crippen MR) is 73.3 cm³/mol. The van der Waals surface area contributed by atoms with E-state index >= 15 is 0 Å². The SMILES string of the molecule is C[C@](N)(C[SH]1(=O)NCC(F)(F)CN1)c1ccccc1F. The van der Waals surface area contributed by atoms with E-state index in [4.69, 9.17) is 5.73 Å². The van der Waals surface area contributed by atoms with Crippen LogP contribution in [0.5, 0.6) is 0 Å². The number of hydrogen-bond donors (Lipinski definition) is 4. The summed E-state index contributed by atoms with van der Waals surface area (Å²) in [5.74, 6) is -3.61. The fourth-order valence-electron chi connectivity index (χ4n) is 2.19. The van der Waals surface area contributed by atoms with Crippen LogP contribution in [-0.4, -0.2) is 29.0 Å². The van der Waals surface area contributed by atoms with E-state index in [0.29, 0.717) is 0 Å². The second kappa shape index (κ2) is 5.10. The van der Waals surface area contributed by atoms with Crippen molar-refractivity contribution < 1.29 is 17.4 Å². The molecule has 0 aromatic heterocycles. The third kappa shape index (κ3) is 3.38. The molecule has 1 fully saturated rings. The number of hydrogen-bond acceptors (Lipinski definition) is 2. The molecular weight excluding hydrogens is 291 g/mol. The zero-order valence-corrected chi connectivity index (χ0v) is 11.9. The van der Waals surface area contributed by atoms with E-state index < -0.39 is 40.7 Å². The van der Waals surface area contributed by atoms with Gasteiger partial charge in [-0.25, -0.2) is 22.6 Å². The minimum atomic E-state index is -3.27. The molecule has 1 aromatic rings. The highest BCUT2D eigenvalue weighted by molar-refractivity contribution is 7.99. The average Bonchev–Trinajstić information content (AvgIpc) is 2.33. The van der Waals surface area contributed by atoms with Crippen LogP contribution in [0.15, 0.2) is 24.3 Å². The zero-order valence-electron chi connectivity index (χ0n) is 11.0. The largest absolute Gasteiger partial charge is 0.321 e. The molecule has 1 heterocycles. The first-order valence-electron chi connectivity index (χ1n) is 6.15. The minimum Gasteiger partial charge on any atom is -0.321 e. The standard InChI is InChI=1S/C12H18F3N3OS/c1-11(16,9-4-2-3-5-10(9)13)8-20(19)17-6-12(14,15)7-18-20/h2-5,20H,6-8,16H2,1H3,(H2,17,18,19)/t11-/m0/s1. The molecule has 1 atom stereocenters. The molecule has 20 heavy (non-hydrogen) atoms. The van der Waals surface area contributed by atoms with Crippen molar-refractivity contribution in [2.75, 3.05) is 18.8 Å². The van der Waals surface area contributed by atoms with Crippen molar-refractivity contribution >= 4 is 10.3 Å². The first kappa shape index (κ1) is 15.4. The van der Waals surface area contributed by atoms with Gasteiger partial charge in [-0.2, -0.15) is 0 Å². The van der Waals surface area contributed by atoms with Gasteiger partial charge < -0.3 is 5.73 Å². The van der Waals surface area contributed by atoms with Crippen LogP contribution in [0.2, 0.25) is 0 Å². The third-order valence-corrected chi connectivity index (χ3v) is 5.67. The number of nitrogens with one attached hydrogen (secondary N) is 2. The van der Waals surface area contributed by atoms with Crippen molar-refractivity contribution in [1.82, 2.24) is 9.44 Å². The molecule has 1 aliphatic rings. The lowest BCUT2D eigenvalue weighted by molar-refractivity contribution is 0.00830. The Balaban J connectivity index is 2.17. The first-order chi connectivity index (χ1) is 9.14. The predicted octanol–water partition coefficient (Wildman–Crippen LogP) is 0.674. The Morgan fingerprint density at radius 1 is 1.35 bits per heavy atom. The second-order valence-corrected chi connectivity index (χ2v) is 7.75. The summed E-state index contributed by atoms with van der Waals surface area (Å²) in [6, 6.07) is 5.90. The summed E-state index contributed by atoms with van der Waals surface area (Å²) < 4.78 is 56.9. The van der Waals surface area contributed by atoms with E-state index in [1.165, 1.54) is 25.1 Å². The molecule has 4 nitrogen and oxygen atoms in total. The fraction of sp³-hybridized carbons (Fsp3) is 0.500. The van der Waals surface area contributed by atoms with Gasteiger partial charge in [0.05, 0.1) is 18.6 Å². The molecule has 0 unspecified atom stereocenters. The summed E-state index contributed by atoms with van der Waals surface area (Å²) >= 11 is 0. The van der Waals surface area contributed by atoms with Crippen molar-refractivity contribution in [3.8, 4) is 0 Å². The van der Waals surface area contributed by atoms with E-state index in [-0.39, 0.29) is 11.3 Å². The van der Waals surface area contributed by atoms with Gasteiger partial charge in [0.25, 0.3) is 5.92 Å². The molecule has 0 aliphatic carbocycles. The van der Waals surface area contributed by atoms with Crippen LogP contribution in [0, 0.1) is 5.82 Å². The number of rotatable bonds is 3. The summed E-state index contributed by atoms with van der Waals surface area (Å²) in [5.41, 5.74) is 5.02. The van der Waals surface area contributed by atoms with Crippen LogP contribution in [0.1, 0.15) is 12.5 Å². The highest BCUT2D eigenvalue weighted by Crippen LogP contribution is 2.25. The summed E-state index contributed by atoms with van der Waals surface area (Å²) in [5, 5.41) is 0. The Labute approximate surface area is 116 Å². The van der Waals surface area contributed by atoms with Gasteiger partial charge in [0.1, 0.15) is 5.82 Å². The van der Waals surface area contributed by atoms with Crippen molar-refractivity contribution in [2.24, 2.45) is 5.73 Å². The van der Waals surface area contributed by atoms with Gasteiger partial charge in [-0.1, -0.05) is 18.2 Å². The van der Waals surface area contributed by atoms with Gasteiger partial charge in [0.2, 0.25) is 0 Å². The molecule has 0 saturated carbocycles. The van der Waals surface area contributed by atoms with Gasteiger partial charge in [0, 0.05) is 11.3 Å². The molecule has 0 bridgehead atoms. The normalized spacial score (nSPS) is 25.6. The average molecular weight is 309 g/mol. The van der Waals surface area contributed by atoms with E-state index in [0.717, 1.165) is 0 Å². The smallest absolute Gasteiger partial charge is 0.274 e. The zero-order chi connectivity index (χ0) is 15.0. The first-order valence-corrected chi connectivity index (χ1v) is 8.04. The Bertz CT molecular complexity index is 537. The van der Waals surface area contributed by atoms with Crippen LogP contribution in [0.25, 0.3) is 0 Å². The quantitative estimate of drug-likeness (QED) is 0.620. The highest BCUT2D eigenvalue weighted by Gasteiger charge is 2.40. The molecule has 1 aliphatic heterocycles. The molecule has 4 N–H and O–H groups in total. The lowest BCUT2D eigenvalue weighted by Crippen LogP contribution is -2.63. The number of nitrogens with two attached hydrogens (primary N) is 1. The molecule has 2 rings (SSSR count). The Kier molecular flexibility index (Phi) is 3.94. The topological polar surface area (TPSA) is 67.2 Å². The lowest BCUT2D eigenvalue weighted by atomic mass is 9.95. The van der Waals surface area contributed by atoms with Crippen LogP contribution in [0.3, 0.4) is 0 Å². The van der Waals surface area contributed by atoms with Crippen molar-refractivity contribution in [1.29, 1.82) is 0 Å². The van der Waals surface area contributed by atoms with Gasteiger partial charge in [0.15, 0.2) is 0 Å². The molecular formula is C12H18F3N3OS. The fourth-order valence-corrected chi connectivity index (χ4v) is 4.59. The Morgan fingerprint density at radius 3 is 2.45 bits per heavy atom. The van der Waals surface area contributed by atoms with E-state index in [9.17, 15) is 17.4 Å². The number of thiol groups is 1. The van der Waals surface area contributed by atoms with Crippen LogP contribution in [-0.2, 0) is 15.8 Å². The Morgan fingerprint density at radius 2 is 1.90 bits per heavy atom. The molecule has 0 spiro atoms. The van der Waals surface area contributed by atoms with Gasteiger partial charge in [-0.15, -0.1) is 0 Å². The molecule has 0 radical (unpaired) electrons.